The molecule has 4 heteroatoms. The molecule has 1 aliphatic heterocycles. The number of fused-ring (bicyclic) bond motifs is 1. The fourth-order valence-electron chi connectivity index (χ4n) is 2.53. The van der Waals surface area contributed by atoms with Gasteiger partial charge in [0, 0.05) is 28.1 Å². The van der Waals surface area contributed by atoms with Gasteiger partial charge in [0.15, 0.2) is 0 Å². The maximum absolute atomic E-state index is 12.4. The normalized spacial score (nSPS) is 12.7. The number of anilines is 1. The Kier molecular flexibility index (Phi) is 3.70. The number of carbonyl (C=O) groups is 2. The van der Waals surface area contributed by atoms with Crippen LogP contribution in [0.15, 0.2) is 55.1 Å². The van der Waals surface area contributed by atoms with Gasteiger partial charge in [-0.15, -0.1) is 6.42 Å². The lowest BCUT2D eigenvalue weighted by Gasteiger charge is -2.17. The molecule has 2 aromatic rings. The van der Waals surface area contributed by atoms with Crippen LogP contribution < -0.4 is 5.32 Å². The molecule has 112 valence electrons. The summed E-state index contributed by atoms with van der Waals surface area (Å²) in [5, 5.41) is 2.74. The van der Waals surface area contributed by atoms with E-state index >= 15 is 0 Å². The molecule has 2 amide bonds. The lowest BCUT2D eigenvalue weighted by atomic mass is 10.1. The van der Waals surface area contributed by atoms with E-state index in [2.05, 4.69) is 17.8 Å². The number of nitrogens with one attached hydrogen (secondary N) is 1. The van der Waals surface area contributed by atoms with E-state index in [9.17, 15) is 9.59 Å². The van der Waals surface area contributed by atoms with Crippen molar-refractivity contribution in [3.8, 4) is 12.3 Å². The molecule has 3 rings (SSSR count). The molecule has 0 fully saturated rings. The first-order valence-corrected chi connectivity index (χ1v) is 7.07. The van der Waals surface area contributed by atoms with Crippen LogP contribution in [0.2, 0.25) is 0 Å². The van der Waals surface area contributed by atoms with Crippen molar-refractivity contribution in [1.29, 1.82) is 0 Å². The minimum atomic E-state index is -0.304. The zero-order valence-electron chi connectivity index (χ0n) is 12.4. The third-order valence-electron chi connectivity index (χ3n) is 3.65. The van der Waals surface area contributed by atoms with Gasteiger partial charge >= 0.3 is 0 Å². The van der Waals surface area contributed by atoms with Gasteiger partial charge in [-0.3, -0.25) is 14.5 Å². The number of terminal acetylenes is 1. The number of amides is 2. The summed E-state index contributed by atoms with van der Waals surface area (Å²) in [6.45, 7) is 3.82. The second-order valence-electron chi connectivity index (χ2n) is 5.16. The first-order valence-electron chi connectivity index (χ1n) is 7.07. The highest BCUT2D eigenvalue weighted by Crippen LogP contribution is 2.30. The monoisotopic (exact) mass is 302 g/mol. The number of benzene rings is 2. The van der Waals surface area contributed by atoms with Crippen LogP contribution in [0, 0.1) is 12.3 Å². The molecule has 0 spiro atoms. The average Bonchev–Trinajstić information content (AvgIpc) is 2.80. The van der Waals surface area contributed by atoms with E-state index < -0.39 is 0 Å². The van der Waals surface area contributed by atoms with Gasteiger partial charge in [-0.2, -0.15) is 0 Å². The van der Waals surface area contributed by atoms with Gasteiger partial charge in [0.1, 0.15) is 6.54 Å². The highest BCUT2D eigenvalue weighted by atomic mass is 16.2. The second-order valence-corrected chi connectivity index (χ2v) is 5.16. The molecule has 4 nitrogen and oxygen atoms in total. The molecule has 1 N–H and O–H groups in total. The summed E-state index contributed by atoms with van der Waals surface area (Å²) in [5.74, 6) is 2.00. The topological polar surface area (TPSA) is 49.4 Å². The molecule has 0 saturated heterocycles. The highest BCUT2D eigenvalue weighted by Gasteiger charge is 2.31. The summed E-state index contributed by atoms with van der Waals surface area (Å²) in [4.78, 5) is 25.9. The lowest BCUT2D eigenvalue weighted by Crippen LogP contribution is -2.32. The van der Waals surface area contributed by atoms with Gasteiger partial charge in [-0.25, -0.2) is 0 Å². The largest absolute Gasteiger partial charge is 0.324 e. The Balaban J connectivity index is 1.73. The molecule has 0 saturated carbocycles. The maximum Gasteiger partial charge on any atom is 0.259 e. The third kappa shape index (κ3) is 2.72. The zero-order chi connectivity index (χ0) is 16.4. The van der Waals surface area contributed by atoms with E-state index in [4.69, 9.17) is 6.42 Å². The van der Waals surface area contributed by atoms with Gasteiger partial charge in [0.05, 0.1) is 0 Å². The molecule has 0 aliphatic carbocycles. The van der Waals surface area contributed by atoms with Crippen molar-refractivity contribution in [3.63, 3.8) is 0 Å². The molecule has 1 heterocycles. The molecule has 23 heavy (non-hydrogen) atoms. The van der Waals surface area contributed by atoms with Crippen LogP contribution in [-0.4, -0.2) is 23.3 Å². The van der Waals surface area contributed by atoms with Gasteiger partial charge in [0.25, 0.3) is 5.91 Å². The van der Waals surface area contributed by atoms with Gasteiger partial charge < -0.3 is 5.32 Å². The minimum Gasteiger partial charge on any atom is -0.324 e. The van der Waals surface area contributed by atoms with E-state index in [1.165, 1.54) is 4.90 Å². The van der Waals surface area contributed by atoms with Crippen LogP contribution >= 0.6 is 0 Å². The average molecular weight is 302 g/mol. The summed E-state index contributed by atoms with van der Waals surface area (Å²) in [5.41, 5.74) is 3.15. The van der Waals surface area contributed by atoms with E-state index in [1.54, 1.807) is 36.4 Å². The molecule has 0 radical (unpaired) electrons. The Morgan fingerprint density at radius 1 is 1.17 bits per heavy atom. The summed E-state index contributed by atoms with van der Waals surface area (Å²) in [7, 11) is 0. The van der Waals surface area contributed by atoms with Crippen molar-refractivity contribution in [2.75, 3.05) is 11.9 Å². The fraction of sp³-hybridized carbons (Fsp3) is 0.0526. The molecular formula is C19H14N2O2. The van der Waals surface area contributed by atoms with Gasteiger partial charge in [-0.05, 0) is 24.3 Å². The smallest absolute Gasteiger partial charge is 0.259 e. The molecule has 0 atom stereocenters. The number of carbonyl (C=O) groups excluding carboxylic acids is 2. The summed E-state index contributed by atoms with van der Waals surface area (Å²) < 4.78 is 0. The van der Waals surface area contributed by atoms with Crippen LogP contribution in [0.25, 0.3) is 5.70 Å². The Labute approximate surface area is 134 Å². The van der Waals surface area contributed by atoms with Gasteiger partial charge in [0.2, 0.25) is 5.91 Å². The maximum atomic E-state index is 12.4. The van der Waals surface area contributed by atoms with Crippen LogP contribution in [0.5, 0.6) is 0 Å². The number of rotatable bonds is 3. The standard InChI is InChI=1S/C19H14N2O2/c1-3-14-7-6-8-15(11-14)20-18(22)12-21-13(2)16-9-4-5-10-17(16)19(21)23/h1,4-11H,2,12H2,(H,20,22). The fourth-order valence-corrected chi connectivity index (χ4v) is 2.53. The van der Waals surface area contributed by atoms with E-state index in [-0.39, 0.29) is 18.4 Å². The third-order valence-corrected chi connectivity index (χ3v) is 3.65. The molecule has 0 bridgehead atoms. The number of hydrogen-bond acceptors (Lipinski definition) is 2. The van der Waals surface area contributed by atoms with Crippen molar-refractivity contribution >= 4 is 23.2 Å². The summed E-state index contributed by atoms with van der Waals surface area (Å²) in [6.07, 6.45) is 5.34. The zero-order valence-corrected chi connectivity index (χ0v) is 12.4. The number of nitrogens with zero attached hydrogens (tertiary/aromatic N) is 1. The van der Waals surface area contributed by atoms with Crippen molar-refractivity contribution < 1.29 is 9.59 Å². The quantitative estimate of drug-likeness (QED) is 0.886. The van der Waals surface area contributed by atoms with Crippen LogP contribution in [-0.2, 0) is 4.79 Å². The van der Waals surface area contributed by atoms with Crippen LogP contribution in [0.1, 0.15) is 21.5 Å². The molecule has 2 aromatic carbocycles. The van der Waals surface area contributed by atoms with Crippen LogP contribution in [0.4, 0.5) is 5.69 Å². The van der Waals surface area contributed by atoms with Crippen molar-refractivity contribution in [1.82, 2.24) is 4.90 Å². The Morgan fingerprint density at radius 2 is 1.91 bits per heavy atom. The summed E-state index contributed by atoms with van der Waals surface area (Å²) >= 11 is 0. The highest BCUT2D eigenvalue weighted by molar-refractivity contribution is 6.11. The Hall–Kier alpha value is -3.32. The molecule has 1 aliphatic rings. The van der Waals surface area contributed by atoms with E-state index in [1.807, 2.05) is 12.1 Å². The predicted octanol–water partition coefficient (Wildman–Crippen LogP) is 2.73. The molecule has 0 aromatic heterocycles. The molecular weight excluding hydrogens is 288 g/mol. The first kappa shape index (κ1) is 14.6. The lowest BCUT2D eigenvalue weighted by molar-refractivity contribution is -0.116. The second kappa shape index (κ2) is 5.82. The Morgan fingerprint density at radius 3 is 2.61 bits per heavy atom. The first-order chi connectivity index (χ1) is 11.1. The minimum absolute atomic E-state index is 0.0906. The van der Waals surface area contributed by atoms with Crippen molar-refractivity contribution in [2.45, 2.75) is 0 Å². The predicted molar refractivity (Wildman–Crippen MR) is 89.5 cm³/mol. The van der Waals surface area contributed by atoms with E-state index in [0.717, 1.165) is 5.56 Å². The van der Waals surface area contributed by atoms with Crippen molar-refractivity contribution in [3.05, 3.63) is 71.8 Å². The summed E-state index contributed by atoms with van der Waals surface area (Å²) in [6, 6.07) is 14.2. The number of hydrogen-bond donors (Lipinski definition) is 1. The molecule has 0 unspecified atom stereocenters. The Bertz CT molecular complexity index is 827. The SMILES string of the molecule is C#Cc1cccc(NC(=O)CN2C(=C)c3ccccc3C2=O)c1. The van der Waals surface area contributed by atoms with Gasteiger partial charge in [-0.1, -0.05) is 36.8 Å². The van der Waals surface area contributed by atoms with Crippen LogP contribution in [0.3, 0.4) is 0 Å². The van der Waals surface area contributed by atoms with Crippen molar-refractivity contribution in [2.24, 2.45) is 0 Å². The van der Waals surface area contributed by atoms with E-state index in [0.29, 0.717) is 22.5 Å².